The first kappa shape index (κ1) is 18.4. The fourth-order valence-electron chi connectivity index (χ4n) is 3.75. The Bertz CT molecular complexity index is 707. The van der Waals surface area contributed by atoms with E-state index in [-0.39, 0.29) is 18.1 Å². The topological polar surface area (TPSA) is 84.3 Å². The summed E-state index contributed by atoms with van der Waals surface area (Å²) in [4.78, 5) is 14.3. The lowest BCUT2D eigenvalue weighted by molar-refractivity contribution is -0.120. The molecule has 0 atom stereocenters. The van der Waals surface area contributed by atoms with Crippen LogP contribution in [0, 0.1) is 0 Å². The fourth-order valence-corrected chi connectivity index (χ4v) is 4.30. The molecule has 1 aliphatic carbocycles. The summed E-state index contributed by atoms with van der Waals surface area (Å²) in [6.45, 7) is 3.22. The number of nitrogens with zero attached hydrogens (tertiary/aromatic N) is 3. The highest BCUT2D eigenvalue weighted by Gasteiger charge is 2.25. The van der Waals surface area contributed by atoms with Gasteiger partial charge in [-0.3, -0.25) is 14.4 Å². The Kier molecular flexibility index (Phi) is 5.78. The zero-order valence-corrected chi connectivity index (χ0v) is 15.7. The van der Waals surface area contributed by atoms with Gasteiger partial charge >= 0.3 is 0 Å². The van der Waals surface area contributed by atoms with Crippen molar-refractivity contribution in [3.8, 4) is 0 Å². The van der Waals surface area contributed by atoms with E-state index in [1.54, 1.807) is 0 Å². The number of aromatic nitrogens is 2. The largest absolute Gasteiger partial charge is 0.350 e. The molecule has 25 heavy (non-hydrogen) atoms. The van der Waals surface area contributed by atoms with Gasteiger partial charge in [0.1, 0.15) is 9.84 Å². The first-order valence-corrected chi connectivity index (χ1v) is 11.2. The Labute approximate surface area is 149 Å². The van der Waals surface area contributed by atoms with Crippen LogP contribution in [0.4, 0.5) is 0 Å². The zero-order valence-electron chi connectivity index (χ0n) is 14.9. The van der Waals surface area contributed by atoms with Crippen LogP contribution in [0.15, 0.2) is 6.07 Å². The minimum Gasteiger partial charge on any atom is -0.350 e. The van der Waals surface area contributed by atoms with Gasteiger partial charge in [0, 0.05) is 31.8 Å². The Morgan fingerprint density at radius 2 is 2.04 bits per heavy atom. The van der Waals surface area contributed by atoms with Crippen LogP contribution in [-0.4, -0.2) is 53.6 Å². The van der Waals surface area contributed by atoms with E-state index in [4.69, 9.17) is 0 Å². The van der Waals surface area contributed by atoms with Crippen molar-refractivity contribution < 1.29 is 13.2 Å². The van der Waals surface area contributed by atoms with E-state index in [0.29, 0.717) is 12.6 Å². The summed E-state index contributed by atoms with van der Waals surface area (Å²) in [7, 11) is -3.11. The number of nitrogens with one attached hydrogen (secondary N) is 1. The normalized spacial score (nSPS) is 19.6. The Balaban J connectivity index is 1.51. The zero-order chi connectivity index (χ0) is 17.9. The summed E-state index contributed by atoms with van der Waals surface area (Å²) in [6.07, 6.45) is 7.79. The molecule has 1 N–H and O–H groups in total. The van der Waals surface area contributed by atoms with Crippen LogP contribution >= 0.6 is 0 Å². The second kappa shape index (κ2) is 7.86. The molecule has 8 heteroatoms. The van der Waals surface area contributed by atoms with Gasteiger partial charge < -0.3 is 5.32 Å². The molecule has 1 aliphatic heterocycles. The summed E-state index contributed by atoms with van der Waals surface area (Å²) in [5.74, 6) is -0.366. The monoisotopic (exact) mass is 368 g/mol. The Hall–Kier alpha value is -1.41. The molecule has 3 rings (SSSR count). The molecule has 0 bridgehead atoms. The minimum absolute atomic E-state index is 0.00184. The number of fused-ring (bicyclic) bond motifs is 1. The van der Waals surface area contributed by atoms with Crippen molar-refractivity contribution in [2.24, 2.45) is 0 Å². The molecule has 140 valence electrons. The quantitative estimate of drug-likeness (QED) is 0.812. The lowest BCUT2D eigenvalue weighted by Crippen LogP contribution is -2.42. The third-order valence-electron chi connectivity index (χ3n) is 5.14. The summed E-state index contributed by atoms with van der Waals surface area (Å²) >= 11 is 0. The van der Waals surface area contributed by atoms with Crippen LogP contribution in [0.5, 0.6) is 0 Å². The van der Waals surface area contributed by atoms with Crippen molar-refractivity contribution >= 4 is 15.7 Å². The minimum atomic E-state index is -3.11. The number of carbonyl (C=O) groups is 1. The summed E-state index contributed by atoms with van der Waals surface area (Å²) in [6, 6.07) is 2.77. The highest BCUT2D eigenvalue weighted by molar-refractivity contribution is 7.90. The molecule has 1 amide bonds. The number of amides is 1. The number of rotatable bonds is 6. The maximum absolute atomic E-state index is 11.7. The summed E-state index contributed by atoms with van der Waals surface area (Å²) in [5.41, 5.74) is 2.05. The Morgan fingerprint density at radius 3 is 2.76 bits per heavy atom. The lowest BCUT2D eigenvalue weighted by Gasteiger charge is -2.36. The van der Waals surface area contributed by atoms with Crippen molar-refractivity contribution in [1.82, 2.24) is 20.0 Å². The molecular weight excluding hydrogens is 340 g/mol. The van der Waals surface area contributed by atoms with Crippen molar-refractivity contribution in [3.63, 3.8) is 0 Å². The van der Waals surface area contributed by atoms with E-state index >= 15 is 0 Å². The molecular formula is C17H28N4O3S. The highest BCUT2D eigenvalue weighted by atomic mass is 32.2. The average molecular weight is 369 g/mol. The molecule has 0 unspecified atom stereocenters. The van der Waals surface area contributed by atoms with Crippen molar-refractivity contribution in [1.29, 1.82) is 0 Å². The first-order chi connectivity index (χ1) is 11.9. The molecule has 1 aromatic rings. The SMILES string of the molecule is CS(=O)(=O)CCC(=O)NCc1cc2n(n1)CCN(C1CCCCC1)C2. The molecule has 0 spiro atoms. The molecule has 2 heterocycles. The van der Waals surface area contributed by atoms with Crippen LogP contribution in [0.2, 0.25) is 0 Å². The van der Waals surface area contributed by atoms with Crippen molar-refractivity contribution in [2.45, 2.75) is 64.2 Å². The van der Waals surface area contributed by atoms with Gasteiger partial charge in [-0.2, -0.15) is 5.10 Å². The average Bonchev–Trinajstić information content (AvgIpc) is 3.00. The van der Waals surface area contributed by atoms with Crippen LogP contribution in [0.25, 0.3) is 0 Å². The van der Waals surface area contributed by atoms with Gasteiger partial charge in [0.05, 0.1) is 30.2 Å². The van der Waals surface area contributed by atoms with Gasteiger partial charge in [0.25, 0.3) is 0 Å². The van der Waals surface area contributed by atoms with E-state index in [0.717, 1.165) is 31.6 Å². The standard InChI is InChI=1S/C17H28N4O3S/c1-25(23,24)10-7-17(22)18-12-14-11-16-13-20(8-9-21(16)19-14)15-5-3-2-4-6-15/h11,15H,2-10,12-13H2,1H3,(H,18,22). The van der Waals surface area contributed by atoms with Crippen LogP contribution < -0.4 is 5.32 Å². The second-order valence-electron chi connectivity index (χ2n) is 7.27. The smallest absolute Gasteiger partial charge is 0.221 e. The van der Waals surface area contributed by atoms with E-state index in [1.807, 2.05) is 4.68 Å². The van der Waals surface area contributed by atoms with Gasteiger partial charge in [0.2, 0.25) is 5.91 Å². The second-order valence-corrected chi connectivity index (χ2v) is 9.53. The summed E-state index contributed by atoms with van der Waals surface area (Å²) < 4.78 is 24.2. The van der Waals surface area contributed by atoms with Crippen LogP contribution in [-0.2, 0) is 34.3 Å². The van der Waals surface area contributed by atoms with E-state index < -0.39 is 9.84 Å². The number of carbonyl (C=O) groups excluding carboxylic acids is 1. The third-order valence-corrected chi connectivity index (χ3v) is 6.08. The maximum atomic E-state index is 11.7. The maximum Gasteiger partial charge on any atom is 0.221 e. The van der Waals surface area contributed by atoms with Gasteiger partial charge in [0.15, 0.2) is 0 Å². The summed E-state index contributed by atoms with van der Waals surface area (Å²) in [5, 5.41) is 7.33. The molecule has 0 radical (unpaired) electrons. The van der Waals surface area contributed by atoms with Crippen molar-refractivity contribution in [2.75, 3.05) is 18.6 Å². The molecule has 1 saturated carbocycles. The molecule has 0 saturated heterocycles. The van der Waals surface area contributed by atoms with Crippen molar-refractivity contribution in [3.05, 3.63) is 17.5 Å². The number of hydrogen-bond donors (Lipinski definition) is 1. The molecule has 1 aromatic heterocycles. The van der Waals surface area contributed by atoms with E-state index in [9.17, 15) is 13.2 Å². The first-order valence-electron chi connectivity index (χ1n) is 9.15. The molecule has 0 aromatic carbocycles. The Morgan fingerprint density at radius 1 is 1.28 bits per heavy atom. The fraction of sp³-hybridized carbons (Fsp3) is 0.765. The highest BCUT2D eigenvalue weighted by Crippen LogP contribution is 2.26. The van der Waals surface area contributed by atoms with Gasteiger partial charge in [-0.25, -0.2) is 8.42 Å². The van der Waals surface area contributed by atoms with Crippen LogP contribution in [0.1, 0.15) is 49.9 Å². The number of hydrogen-bond acceptors (Lipinski definition) is 5. The molecule has 2 aliphatic rings. The lowest BCUT2D eigenvalue weighted by atomic mass is 9.94. The predicted molar refractivity (Wildman–Crippen MR) is 95.7 cm³/mol. The molecule has 1 fully saturated rings. The predicted octanol–water partition coefficient (Wildman–Crippen LogP) is 1.08. The third kappa shape index (κ3) is 5.28. The molecule has 7 nitrogen and oxygen atoms in total. The van der Waals surface area contributed by atoms with Gasteiger partial charge in [-0.1, -0.05) is 19.3 Å². The van der Waals surface area contributed by atoms with E-state index in [2.05, 4.69) is 21.4 Å². The van der Waals surface area contributed by atoms with Gasteiger partial charge in [-0.15, -0.1) is 0 Å². The van der Waals surface area contributed by atoms with Gasteiger partial charge in [-0.05, 0) is 18.9 Å². The van der Waals surface area contributed by atoms with Crippen LogP contribution in [0.3, 0.4) is 0 Å². The number of sulfone groups is 1. The van der Waals surface area contributed by atoms with E-state index in [1.165, 1.54) is 37.8 Å².